The Labute approximate surface area is 155 Å². The number of thiophene rings is 1. The lowest BCUT2D eigenvalue weighted by atomic mass is 10.2. The summed E-state index contributed by atoms with van der Waals surface area (Å²) in [4.78, 5) is 35.9. The monoisotopic (exact) mass is 379 g/mol. The normalized spacial score (nSPS) is 10.6. The number of amides is 1. The Morgan fingerprint density at radius 1 is 1.28 bits per heavy atom. The summed E-state index contributed by atoms with van der Waals surface area (Å²) in [5, 5.41) is 2.50. The molecular weight excluding hydrogens is 358 g/mol. The van der Waals surface area contributed by atoms with Gasteiger partial charge in [0.1, 0.15) is 10.6 Å². The minimum Gasteiger partial charge on any atom is -0.452 e. The smallest absolute Gasteiger partial charge is 0.343 e. The molecule has 8 heteroatoms. The topological polar surface area (TPSA) is 72.4 Å². The zero-order valence-electron chi connectivity index (χ0n) is 14.7. The van der Waals surface area contributed by atoms with Crippen molar-refractivity contribution < 1.29 is 14.3 Å². The predicted octanol–water partition coefficient (Wildman–Crippen LogP) is 3.26. The molecule has 0 unspecified atom stereocenters. The van der Waals surface area contributed by atoms with E-state index in [4.69, 9.17) is 4.74 Å². The number of hydrogen-bond donors (Lipinski definition) is 0. The maximum Gasteiger partial charge on any atom is 0.343 e. The Morgan fingerprint density at radius 3 is 2.56 bits per heavy atom. The first kappa shape index (κ1) is 19.4. The molecule has 134 valence electrons. The van der Waals surface area contributed by atoms with Crippen molar-refractivity contribution in [3.05, 3.63) is 28.8 Å². The average Bonchev–Trinajstić information content (AvgIpc) is 3.14. The molecule has 6 nitrogen and oxygen atoms in total. The van der Waals surface area contributed by atoms with Gasteiger partial charge in [-0.05, 0) is 38.5 Å². The number of carbonyl (C=O) groups is 2. The van der Waals surface area contributed by atoms with Crippen molar-refractivity contribution in [2.75, 3.05) is 26.0 Å². The van der Waals surface area contributed by atoms with E-state index in [2.05, 4.69) is 9.97 Å². The third-order valence-corrected chi connectivity index (χ3v) is 5.19. The molecule has 0 aliphatic carbocycles. The quantitative estimate of drug-likeness (QED) is 0.418. The zero-order valence-corrected chi connectivity index (χ0v) is 16.4. The number of likely N-dealkylation sites (N-methyl/N-ethyl adjacent to an activating group) is 1. The van der Waals surface area contributed by atoms with Gasteiger partial charge >= 0.3 is 5.97 Å². The molecule has 1 amide bonds. The van der Waals surface area contributed by atoms with Crippen molar-refractivity contribution in [1.82, 2.24) is 14.9 Å². The van der Waals surface area contributed by atoms with Crippen LogP contribution in [-0.2, 0) is 9.53 Å². The van der Waals surface area contributed by atoms with Crippen LogP contribution in [0.2, 0.25) is 0 Å². The Balaban J connectivity index is 2.20. The first-order valence-corrected chi connectivity index (χ1v) is 10.0. The van der Waals surface area contributed by atoms with Gasteiger partial charge in [-0.3, -0.25) is 4.79 Å². The molecule has 2 rings (SSSR count). The van der Waals surface area contributed by atoms with Gasteiger partial charge < -0.3 is 9.64 Å². The van der Waals surface area contributed by atoms with Gasteiger partial charge in [0.25, 0.3) is 5.91 Å². The summed E-state index contributed by atoms with van der Waals surface area (Å²) >= 11 is 2.90. The molecule has 25 heavy (non-hydrogen) atoms. The van der Waals surface area contributed by atoms with Crippen molar-refractivity contribution in [2.45, 2.75) is 25.8 Å². The highest BCUT2D eigenvalue weighted by Crippen LogP contribution is 2.27. The Kier molecular flexibility index (Phi) is 6.95. The molecule has 2 aromatic heterocycles. The molecule has 0 saturated heterocycles. The fourth-order valence-electron chi connectivity index (χ4n) is 2.31. The Hall–Kier alpha value is -1.93. The van der Waals surface area contributed by atoms with E-state index in [-0.39, 0.29) is 12.5 Å². The van der Waals surface area contributed by atoms with E-state index in [0.717, 1.165) is 4.88 Å². The zero-order chi connectivity index (χ0) is 18.4. The third-order valence-electron chi connectivity index (χ3n) is 3.64. The second-order valence-electron chi connectivity index (χ2n) is 5.14. The molecule has 0 spiro atoms. The number of rotatable bonds is 7. The van der Waals surface area contributed by atoms with E-state index in [1.807, 2.05) is 37.6 Å². The van der Waals surface area contributed by atoms with Crippen molar-refractivity contribution >= 4 is 35.0 Å². The van der Waals surface area contributed by atoms with Crippen LogP contribution in [0.4, 0.5) is 0 Å². The van der Waals surface area contributed by atoms with Gasteiger partial charge in [0, 0.05) is 13.1 Å². The van der Waals surface area contributed by atoms with Crippen LogP contribution in [-0.4, -0.2) is 52.7 Å². The van der Waals surface area contributed by atoms with Gasteiger partial charge in [0.05, 0.1) is 10.6 Å². The minimum absolute atomic E-state index is 0.210. The van der Waals surface area contributed by atoms with Crippen LogP contribution < -0.4 is 0 Å². The fourth-order valence-corrected chi connectivity index (χ4v) is 3.58. The number of aromatic nitrogens is 2. The second kappa shape index (κ2) is 8.96. The van der Waals surface area contributed by atoms with Gasteiger partial charge in [0.2, 0.25) is 0 Å². The molecule has 0 radical (unpaired) electrons. The Morgan fingerprint density at radius 2 is 2.00 bits per heavy atom. The molecule has 0 aliphatic rings. The standard InChI is InChI=1S/C17H21N3O3S2/c1-5-20(6-2)13(21)10-23-17(22)14-11(3)18-15(19-16(14)24-4)12-8-7-9-25-12/h7-9H,5-6,10H2,1-4H3. The molecule has 0 atom stereocenters. The van der Waals surface area contributed by atoms with Crippen molar-refractivity contribution in [2.24, 2.45) is 0 Å². The number of nitrogens with zero attached hydrogens (tertiary/aromatic N) is 3. The SMILES string of the molecule is CCN(CC)C(=O)COC(=O)c1c(C)nc(-c2cccs2)nc1SC. The van der Waals surface area contributed by atoms with Gasteiger partial charge in [-0.1, -0.05) is 6.07 Å². The summed E-state index contributed by atoms with van der Waals surface area (Å²) in [7, 11) is 0. The van der Waals surface area contributed by atoms with Crippen molar-refractivity contribution in [3.63, 3.8) is 0 Å². The lowest BCUT2D eigenvalue weighted by Gasteiger charge is -2.18. The summed E-state index contributed by atoms with van der Waals surface area (Å²) in [5.74, 6) is -0.189. The molecule has 0 fully saturated rings. The average molecular weight is 380 g/mol. The number of hydrogen-bond acceptors (Lipinski definition) is 7. The van der Waals surface area contributed by atoms with Crippen LogP contribution in [0.25, 0.3) is 10.7 Å². The molecule has 2 aromatic rings. The van der Waals surface area contributed by atoms with Crippen molar-refractivity contribution in [3.8, 4) is 10.7 Å². The van der Waals surface area contributed by atoms with Gasteiger partial charge in [-0.25, -0.2) is 14.8 Å². The molecule has 0 aromatic carbocycles. The maximum absolute atomic E-state index is 12.5. The van der Waals surface area contributed by atoms with Gasteiger partial charge in [-0.15, -0.1) is 23.1 Å². The van der Waals surface area contributed by atoms with Crippen molar-refractivity contribution in [1.29, 1.82) is 0 Å². The van der Waals surface area contributed by atoms with Crippen LogP contribution in [0.3, 0.4) is 0 Å². The summed E-state index contributed by atoms with van der Waals surface area (Å²) in [5.41, 5.74) is 0.864. The van der Waals surface area contributed by atoms with Crippen LogP contribution in [0.5, 0.6) is 0 Å². The lowest BCUT2D eigenvalue weighted by Crippen LogP contribution is -2.34. The molecular formula is C17H21N3O3S2. The largest absolute Gasteiger partial charge is 0.452 e. The summed E-state index contributed by atoms with van der Waals surface area (Å²) in [6.07, 6.45) is 1.85. The van der Waals surface area contributed by atoms with Gasteiger partial charge in [-0.2, -0.15) is 0 Å². The van der Waals surface area contributed by atoms with E-state index in [9.17, 15) is 9.59 Å². The highest BCUT2D eigenvalue weighted by molar-refractivity contribution is 7.98. The Bertz CT molecular complexity index is 744. The van der Waals surface area contributed by atoms with E-state index in [0.29, 0.717) is 35.2 Å². The first-order chi connectivity index (χ1) is 12.0. The van der Waals surface area contributed by atoms with E-state index in [1.165, 1.54) is 23.1 Å². The highest BCUT2D eigenvalue weighted by Gasteiger charge is 2.22. The van der Waals surface area contributed by atoms with Crippen LogP contribution in [0, 0.1) is 6.92 Å². The van der Waals surface area contributed by atoms with E-state index in [1.54, 1.807) is 11.8 Å². The summed E-state index contributed by atoms with van der Waals surface area (Å²) in [6, 6.07) is 3.86. The minimum atomic E-state index is -0.569. The molecule has 0 saturated carbocycles. The fraction of sp³-hybridized carbons (Fsp3) is 0.412. The molecule has 0 N–H and O–H groups in total. The number of thioether (sulfide) groups is 1. The number of ether oxygens (including phenoxy) is 1. The molecule has 0 aliphatic heterocycles. The predicted molar refractivity (Wildman–Crippen MR) is 100 cm³/mol. The number of carbonyl (C=O) groups excluding carboxylic acids is 2. The van der Waals surface area contributed by atoms with Crippen LogP contribution >= 0.6 is 23.1 Å². The summed E-state index contributed by atoms with van der Waals surface area (Å²) in [6.45, 7) is 6.41. The van der Waals surface area contributed by atoms with E-state index >= 15 is 0 Å². The lowest BCUT2D eigenvalue weighted by molar-refractivity contribution is -0.134. The third kappa shape index (κ3) is 4.58. The molecule has 0 bridgehead atoms. The highest BCUT2D eigenvalue weighted by atomic mass is 32.2. The summed E-state index contributed by atoms with van der Waals surface area (Å²) < 4.78 is 5.21. The molecule has 2 heterocycles. The van der Waals surface area contributed by atoms with Gasteiger partial charge in [0.15, 0.2) is 12.4 Å². The van der Waals surface area contributed by atoms with E-state index < -0.39 is 5.97 Å². The second-order valence-corrected chi connectivity index (χ2v) is 6.88. The first-order valence-electron chi connectivity index (χ1n) is 7.93. The maximum atomic E-state index is 12.5. The number of esters is 1. The number of aryl methyl sites for hydroxylation is 1. The van der Waals surface area contributed by atoms with Crippen LogP contribution in [0.15, 0.2) is 22.5 Å². The van der Waals surface area contributed by atoms with Crippen LogP contribution in [0.1, 0.15) is 29.9 Å².